The Balaban J connectivity index is 2.04. The number of rotatable bonds is 5. The van der Waals surface area contributed by atoms with E-state index >= 15 is 0 Å². The molecular formula is C17H17Br2N5O2. The Kier molecular flexibility index (Phi) is 5.57. The number of halogens is 2. The maximum Gasteiger partial charge on any atom is 0.280 e. The van der Waals surface area contributed by atoms with Crippen LogP contribution < -0.4 is 11.0 Å². The number of aromatic nitrogens is 4. The molecule has 2 aromatic heterocycles. The molecule has 1 aromatic carbocycles. The van der Waals surface area contributed by atoms with E-state index in [0.717, 1.165) is 21.2 Å². The largest absolute Gasteiger partial charge is 0.326 e. The topological polar surface area (TPSA) is 81.8 Å². The van der Waals surface area contributed by atoms with Gasteiger partial charge in [-0.05, 0) is 41.4 Å². The van der Waals surface area contributed by atoms with Crippen LogP contribution in [-0.2, 0) is 17.8 Å². The third-order valence-electron chi connectivity index (χ3n) is 3.91. The van der Waals surface area contributed by atoms with Crippen LogP contribution in [-0.4, -0.2) is 25.1 Å². The average Bonchev–Trinajstić information content (AvgIpc) is 2.97. The molecule has 0 radical (unpaired) electrons. The Morgan fingerprint density at radius 2 is 2.08 bits per heavy atom. The van der Waals surface area contributed by atoms with Crippen LogP contribution >= 0.6 is 31.9 Å². The number of carbonyl (C=O) groups excluding carboxylic acids is 1. The summed E-state index contributed by atoms with van der Waals surface area (Å²) >= 11 is 6.84. The highest BCUT2D eigenvalue weighted by Gasteiger charge is 2.16. The summed E-state index contributed by atoms with van der Waals surface area (Å²) in [4.78, 5) is 34.1. The second-order valence-corrected chi connectivity index (χ2v) is 7.61. The van der Waals surface area contributed by atoms with Crippen LogP contribution in [0.3, 0.4) is 0 Å². The van der Waals surface area contributed by atoms with Gasteiger partial charge in [0.05, 0.1) is 10.9 Å². The van der Waals surface area contributed by atoms with Gasteiger partial charge in [0.2, 0.25) is 0 Å². The van der Waals surface area contributed by atoms with Gasteiger partial charge >= 0.3 is 0 Å². The van der Waals surface area contributed by atoms with E-state index in [2.05, 4.69) is 47.3 Å². The zero-order valence-corrected chi connectivity index (χ0v) is 17.5. The fourth-order valence-electron chi connectivity index (χ4n) is 2.65. The van der Waals surface area contributed by atoms with Crippen molar-refractivity contribution < 1.29 is 4.79 Å². The second-order valence-electron chi connectivity index (χ2n) is 5.84. The Bertz CT molecular complexity index is 1040. The molecule has 3 rings (SSSR count). The molecule has 3 aromatic rings. The summed E-state index contributed by atoms with van der Waals surface area (Å²) in [6, 6.07) is 3.54. The molecule has 0 aliphatic heterocycles. The molecule has 0 bridgehead atoms. The van der Waals surface area contributed by atoms with Crippen molar-refractivity contribution in [2.75, 3.05) is 5.43 Å². The van der Waals surface area contributed by atoms with Gasteiger partial charge in [-0.1, -0.05) is 22.9 Å². The van der Waals surface area contributed by atoms with Crippen molar-refractivity contribution in [2.45, 2.75) is 33.2 Å². The zero-order valence-electron chi connectivity index (χ0n) is 14.3. The first-order chi connectivity index (χ1) is 12.4. The molecule has 0 aliphatic carbocycles. The van der Waals surface area contributed by atoms with Crippen molar-refractivity contribution in [3.05, 3.63) is 55.5 Å². The highest BCUT2D eigenvalue weighted by atomic mass is 79.9. The fraction of sp³-hybridized carbons (Fsp3) is 0.294. The van der Waals surface area contributed by atoms with Gasteiger partial charge in [-0.25, -0.2) is 14.6 Å². The highest BCUT2D eigenvalue weighted by Crippen LogP contribution is 2.25. The first-order valence-corrected chi connectivity index (χ1v) is 9.67. The maximum atomic E-state index is 13.0. The average molecular weight is 483 g/mol. The van der Waals surface area contributed by atoms with E-state index in [9.17, 15) is 9.59 Å². The summed E-state index contributed by atoms with van der Waals surface area (Å²) in [5.74, 6) is 0.926. The Morgan fingerprint density at radius 1 is 1.31 bits per heavy atom. The van der Waals surface area contributed by atoms with Crippen LogP contribution in [0.4, 0.5) is 0 Å². The van der Waals surface area contributed by atoms with Gasteiger partial charge in [0.15, 0.2) is 0 Å². The van der Waals surface area contributed by atoms with Crippen LogP contribution in [0.2, 0.25) is 0 Å². The van der Waals surface area contributed by atoms with Gasteiger partial charge in [-0.2, -0.15) is 0 Å². The van der Waals surface area contributed by atoms with Crippen LogP contribution in [0, 0.1) is 6.92 Å². The van der Waals surface area contributed by atoms with Crippen molar-refractivity contribution in [1.82, 2.24) is 19.2 Å². The first-order valence-electron chi connectivity index (χ1n) is 8.09. The number of hydrogen-bond donors (Lipinski definition) is 1. The molecular weight excluding hydrogens is 466 g/mol. The minimum atomic E-state index is -0.319. The van der Waals surface area contributed by atoms with E-state index < -0.39 is 0 Å². The molecule has 26 heavy (non-hydrogen) atoms. The number of fused-ring (bicyclic) bond motifs is 1. The molecule has 136 valence electrons. The van der Waals surface area contributed by atoms with E-state index in [1.54, 1.807) is 23.0 Å². The summed E-state index contributed by atoms with van der Waals surface area (Å²) in [5.41, 5.74) is 2.96. The van der Waals surface area contributed by atoms with Crippen LogP contribution in [0.25, 0.3) is 10.9 Å². The normalized spacial score (nSPS) is 11.1. The first kappa shape index (κ1) is 18.8. The quantitative estimate of drug-likeness (QED) is 0.605. The summed E-state index contributed by atoms with van der Waals surface area (Å²) in [6.07, 6.45) is 4.71. The van der Waals surface area contributed by atoms with Crippen LogP contribution in [0.5, 0.6) is 0 Å². The Morgan fingerprint density at radius 3 is 2.73 bits per heavy atom. The number of imidazole rings is 1. The molecule has 0 spiro atoms. The molecule has 0 unspecified atom stereocenters. The molecule has 1 amide bonds. The maximum absolute atomic E-state index is 13.0. The van der Waals surface area contributed by atoms with E-state index in [1.165, 1.54) is 4.68 Å². The van der Waals surface area contributed by atoms with E-state index in [0.29, 0.717) is 23.1 Å². The van der Waals surface area contributed by atoms with E-state index in [-0.39, 0.29) is 18.0 Å². The predicted octanol–water partition coefficient (Wildman–Crippen LogP) is 3.15. The predicted molar refractivity (Wildman–Crippen MR) is 107 cm³/mol. The number of amides is 1. The van der Waals surface area contributed by atoms with Crippen molar-refractivity contribution in [3.8, 4) is 0 Å². The lowest BCUT2D eigenvalue weighted by molar-refractivity contribution is -0.117. The summed E-state index contributed by atoms with van der Waals surface area (Å²) in [5, 5.41) is 0.421. The SMILES string of the molecule is CCCc1nc2c(Br)cc(Br)cc2c(=O)n1NC(=O)Cn1ccnc1C. The lowest BCUT2D eigenvalue weighted by Crippen LogP contribution is -2.38. The second kappa shape index (κ2) is 7.71. The third-order valence-corrected chi connectivity index (χ3v) is 4.97. The summed E-state index contributed by atoms with van der Waals surface area (Å²) < 4.78 is 4.44. The van der Waals surface area contributed by atoms with Crippen LogP contribution in [0.15, 0.2) is 38.3 Å². The lowest BCUT2D eigenvalue weighted by Gasteiger charge is -2.15. The molecule has 0 saturated carbocycles. The lowest BCUT2D eigenvalue weighted by atomic mass is 10.2. The van der Waals surface area contributed by atoms with Crippen molar-refractivity contribution in [1.29, 1.82) is 0 Å². The highest BCUT2D eigenvalue weighted by molar-refractivity contribution is 9.11. The summed E-state index contributed by atoms with van der Waals surface area (Å²) in [7, 11) is 0. The van der Waals surface area contributed by atoms with Crippen LogP contribution in [0.1, 0.15) is 25.0 Å². The van der Waals surface area contributed by atoms with Gasteiger partial charge in [0.25, 0.3) is 11.5 Å². The molecule has 0 saturated heterocycles. The van der Waals surface area contributed by atoms with Gasteiger partial charge in [0, 0.05) is 27.8 Å². The van der Waals surface area contributed by atoms with Gasteiger partial charge in [-0.15, -0.1) is 0 Å². The zero-order chi connectivity index (χ0) is 18.8. The monoisotopic (exact) mass is 481 g/mol. The standard InChI is InChI=1S/C17H17Br2N5O2/c1-3-4-14-21-16-12(7-11(18)8-13(16)19)17(26)24(14)22-15(25)9-23-6-5-20-10(23)2/h5-8H,3-4,9H2,1-2H3,(H,22,25). The number of carbonyl (C=O) groups is 1. The van der Waals surface area contributed by atoms with Gasteiger partial charge < -0.3 is 4.57 Å². The fourth-order valence-corrected chi connectivity index (χ4v) is 3.97. The van der Waals surface area contributed by atoms with Crippen molar-refractivity contribution in [3.63, 3.8) is 0 Å². The molecule has 7 nitrogen and oxygen atoms in total. The van der Waals surface area contributed by atoms with Gasteiger partial charge in [-0.3, -0.25) is 15.0 Å². The van der Waals surface area contributed by atoms with E-state index in [4.69, 9.17) is 0 Å². The molecule has 0 atom stereocenters. The molecule has 0 fully saturated rings. The molecule has 0 aliphatic rings. The molecule has 1 N–H and O–H groups in total. The van der Waals surface area contributed by atoms with Gasteiger partial charge in [0.1, 0.15) is 18.2 Å². The molecule has 9 heteroatoms. The Labute approximate surface area is 166 Å². The summed E-state index contributed by atoms with van der Waals surface area (Å²) in [6.45, 7) is 3.88. The van der Waals surface area contributed by atoms with Crippen molar-refractivity contribution in [2.24, 2.45) is 0 Å². The third kappa shape index (κ3) is 3.73. The minimum Gasteiger partial charge on any atom is -0.326 e. The smallest absolute Gasteiger partial charge is 0.280 e. The van der Waals surface area contributed by atoms with E-state index in [1.807, 2.05) is 19.9 Å². The number of nitrogens with zero attached hydrogens (tertiary/aromatic N) is 4. The number of benzene rings is 1. The molecule has 2 heterocycles. The minimum absolute atomic E-state index is 0.0735. The Hall–Kier alpha value is -2.00. The van der Waals surface area contributed by atoms with Crippen molar-refractivity contribution >= 4 is 48.7 Å². The number of aryl methyl sites for hydroxylation is 2. The number of hydrogen-bond acceptors (Lipinski definition) is 4. The number of nitrogens with one attached hydrogen (secondary N) is 1.